The van der Waals surface area contributed by atoms with Crippen LogP contribution in [0.15, 0.2) is 6.20 Å². The number of nitrogens with one attached hydrogen (secondary N) is 1. The standard InChI is InChI=1S/C12H21N3OS/c1-5-10-8-13-11(17-10)9(4)14-12(16)15(6-2)7-3/h8-9H,5-7H2,1-4H3,(H,14,16). The Labute approximate surface area is 107 Å². The van der Waals surface area contributed by atoms with Crippen molar-refractivity contribution in [1.29, 1.82) is 0 Å². The molecule has 1 unspecified atom stereocenters. The highest BCUT2D eigenvalue weighted by Crippen LogP contribution is 2.20. The zero-order valence-electron chi connectivity index (χ0n) is 11.0. The van der Waals surface area contributed by atoms with Crippen LogP contribution in [0.1, 0.15) is 43.6 Å². The summed E-state index contributed by atoms with van der Waals surface area (Å²) >= 11 is 1.67. The van der Waals surface area contributed by atoms with E-state index in [1.807, 2.05) is 27.0 Å². The number of aromatic nitrogens is 1. The van der Waals surface area contributed by atoms with Crippen molar-refractivity contribution in [2.75, 3.05) is 13.1 Å². The normalized spacial score (nSPS) is 12.2. The number of carbonyl (C=O) groups is 1. The molecule has 1 aromatic rings. The number of hydrogen-bond donors (Lipinski definition) is 1. The first-order valence-electron chi connectivity index (χ1n) is 6.12. The van der Waals surface area contributed by atoms with Gasteiger partial charge in [0.05, 0.1) is 6.04 Å². The number of hydrogen-bond acceptors (Lipinski definition) is 3. The highest BCUT2D eigenvalue weighted by molar-refractivity contribution is 7.11. The summed E-state index contributed by atoms with van der Waals surface area (Å²) in [6.45, 7) is 9.50. The molecule has 17 heavy (non-hydrogen) atoms. The van der Waals surface area contributed by atoms with Crippen molar-refractivity contribution in [1.82, 2.24) is 15.2 Å². The number of urea groups is 1. The third-order valence-electron chi connectivity index (χ3n) is 2.68. The molecule has 1 rings (SSSR count). The van der Waals surface area contributed by atoms with E-state index in [0.29, 0.717) is 0 Å². The summed E-state index contributed by atoms with van der Waals surface area (Å²) in [6, 6.07) is -0.0378. The van der Waals surface area contributed by atoms with Crippen molar-refractivity contribution in [2.24, 2.45) is 0 Å². The Balaban J connectivity index is 2.59. The number of aryl methyl sites for hydroxylation is 1. The minimum Gasteiger partial charge on any atom is -0.329 e. The lowest BCUT2D eigenvalue weighted by atomic mass is 10.3. The van der Waals surface area contributed by atoms with E-state index >= 15 is 0 Å². The van der Waals surface area contributed by atoms with Gasteiger partial charge in [-0.3, -0.25) is 0 Å². The van der Waals surface area contributed by atoms with Crippen LogP contribution in [-0.4, -0.2) is 29.0 Å². The molecular formula is C12H21N3OS. The molecular weight excluding hydrogens is 234 g/mol. The van der Waals surface area contributed by atoms with Crippen LogP contribution < -0.4 is 5.32 Å². The summed E-state index contributed by atoms with van der Waals surface area (Å²) in [5.41, 5.74) is 0. The van der Waals surface area contributed by atoms with Gasteiger partial charge in [-0.25, -0.2) is 9.78 Å². The number of carbonyl (C=O) groups excluding carboxylic acids is 1. The monoisotopic (exact) mass is 255 g/mol. The van der Waals surface area contributed by atoms with Crippen molar-refractivity contribution >= 4 is 17.4 Å². The maximum absolute atomic E-state index is 11.9. The Bertz CT molecular complexity index is 360. The van der Waals surface area contributed by atoms with Gasteiger partial charge in [0.1, 0.15) is 5.01 Å². The molecule has 0 saturated carbocycles. The molecule has 0 aliphatic carbocycles. The number of nitrogens with zero attached hydrogens (tertiary/aromatic N) is 2. The Morgan fingerprint density at radius 2 is 2.12 bits per heavy atom. The van der Waals surface area contributed by atoms with Gasteiger partial charge in [0, 0.05) is 24.2 Å². The van der Waals surface area contributed by atoms with Gasteiger partial charge in [0.15, 0.2) is 0 Å². The van der Waals surface area contributed by atoms with Crippen LogP contribution in [0.2, 0.25) is 0 Å². The largest absolute Gasteiger partial charge is 0.329 e. The number of rotatable bonds is 5. The Morgan fingerprint density at radius 1 is 1.47 bits per heavy atom. The van der Waals surface area contributed by atoms with Crippen molar-refractivity contribution in [3.05, 3.63) is 16.1 Å². The quantitative estimate of drug-likeness (QED) is 0.879. The SMILES string of the molecule is CCc1cnc(C(C)NC(=O)N(CC)CC)s1. The number of amides is 2. The number of thiazole rings is 1. The van der Waals surface area contributed by atoms with E-state index in [2.05, 4.69) is 17.2 Å². The maximum Gasteiger partial charge on any atom is 0.317 e. The summed E-state index contributed by atoms with van der Waals surface area (Å²) < 4.78 is 0. The fraction of sp³-hybridized carbons (Fsp3) is 0.667. The van der Waals surface area contributed by atoms with Crippen LogP contribution in [-0.2, 0) is 6.42 Å². The maximum atomic E-state index is 11.9. The molecule has 1 N–H and O–H groups in total. The highest BCUT2D eigenvalue weighted by atomic mass is 32.1. The molecule has 2 amide bonds. The zero-order chi connectivity index (χ0) is 12.8. The van der Waals surface area contributed by atoms with E-state index in [1.54, 1.807) is 16.2 Å². The molecule has 0 aliphatic heterocycles. The first kappa shape index (κ1) is 14.0. The van der Waals surface area contributed by atoms with Gasteiger partial charge in [-0.15, -0.1) is 11.3 Å². The van der Waals surface area contributed by atoms with Crippen LogP contribution in [0.3, 0.4) is 0 Å². The van der Waals surface area contributed by atoms with Gasteiger partial charge >= 0.3 is 6.03 Å². The van der Waals surface area contributed by atoms with Crippen LogP contribution in [0, 0.1) is 0 Å². The third-order valence-corrected chi connectivity index (χ3v) is 4.01. The highest BCUT2D eigenvalue weighted by Gasteiger charge is 2.16. The second-order valence-electron chi connectivity index (χ2n) is 3.86. The van der Waals surface area contributed by atoms with Crippen molar-refractivity contribution in [3.8, 4) is 0 Å². The molecule has 1 atom stereocenters. The van der Waals surface area contributed by atoms with E-state index in [0.717, 1.165) is 24.5 Å². The van der Waals surface area contributed by atoms with Crippen LogP contribution in [0.5, 0.6) is 0 Å². The van der Waals surface area contributed by atoms with Crippen molar-refractivity contribution in [2.45, 2.75) is 40.2 Å². The summed E-state index contributed by atoms with van der Waals surface area (Å²) in [5, 5.41) is 3.94. The van der Waals surface area contributed by atoms with E-state index in [9.17, 15) is 4.79 Å². The minimum atomic E-state index is -0.0200. The summed E-state index contributed by atoms with van der Waals surface area (Å²) in [6.07, 6.45) is 2.88. The van der Waals surface area contributed by atoms with Gasteiger partial charge in [-0.05, 0) is 27.2 Å². The summed E-state index contributed by atoms with van der Waals surface area (Å²) in [7, 11) is 0. The average Bonchev–Trinajstić information content (AvgIpc) is 2.79. The second-order valence-corrected chi connectivity index (χ2v) is 5.01. The van der Waals surface area contributed by atoms with Crippen LogP contribution >= 0.6 is 11.3 Å². The zero-order valence-corrected chi connectivity index (χ0v) is 11.8. The summed E-state index contributed by atoms with van der Waals surface area (Å²) in [5.74, 6) is 0. The first-order chi connectivity index (χ1) is 8.12. The molecule has 96 valence electrons. The van der Waals surface area contributed by atoms with Gasteiger partial charge in [-0.1, -0.05) is 6.92 Å². The Hall–Kier alpha value is -1.10. The van der Waals surface area contributed by atoms with Gasteiger partial charge in [-0.2, -0.15) is 0 Å². The topological polar surface area (TPSA) is 45.2 Å². The van der Waals surface area contributed by atoms with Crippen molar-refractivity contribution in [3.63, 3.8) is 0 Å². The lowest BCUT2D eigenvalue weighted by Crippen LogP contribution is -2.40. The lowest BCUT2D eigenvalue weighted by molar-refractivity contribution is 0.200. The fourth-order valence-electron chi connectivity index (χ4n) is 1.54. The average molecular weight is 255 g/mol. The first-order valence-corrected chi connectivity index (χ1v) is 6.93. The molecule has 0 aliphatic rings. The molecule has 0 bridgehead atoms. The molecule has 5 heteroatoms. The molecule has 0 saturated heterocycles. The smallest absolute Gasteiger partial charge is 0.317 e. The molecule has 4 nitrogen and oxygen atoms in total. The predicted molar refractivity (Wildman–Crippen MR) is 71.4 cm³/mol. The minimum absolute atomic E-state index is 0.0178. The molecule has 1 aromatic heterocycles. The molecule has 0 aromatic carbocycles. The molecule has 0 radical (unpaired) electrons. The van der Waals surface area contributed by atoms with E-state index in [4.69, 9.17) is 0 Å². The van der Waals surface area contributed by atoms with Gasteiger partial charge < -0.3 is 10.2 Å². The molecule has 0 fully saturated rings. The van der Waals surface area contributed by atoms with Gasteiger partial charge in [0.25, 0.3) is 0 Å². The predicted octanol–water partition coefficient (Wildman–Crippen LogP) is 2.82. The summed E-state index contributed by atoms with van der Waals surface area (Å²) in [4.78, 5) is 19.2. The van der Waals surface area contributed by atoms with E-state index < -0.39 is 0 Å². The van der Waals surface area contributed by atoms with E-state index in [-0.39, 0.29) is 12.1 Å². The lowest BCUT2D eigenvalue weighted by Gasteiger charge is -2.21. The second kappa shape index (κ2) is 6.59. The molecule has 1 heterocycles. The van der Waals surface area contributed by atoms with E-state index in [1.165, 1.54) is 4.88 Å². The van der Waals surface area contributed by atoms with Crippen LogP contribution in [0.4, 0.5) is 4.79 Å². The fourth-order valence-corrected chi connectivity index (χ4v) is 2.39. The van der Waals surface area contributed by atoms with Crippen molar-refractivity contribution < 1.29 is 4.79 Å². The van der Waals surface area contributed by atoms with Crippen LogP contribution in [0.25, 0.3) is 0 Å². The Morgan fingerprint density at radius 3 is 2.59 bits per heavy atom. The Kier molecular flexibility index (Phi) is 5.41. The molecule has 0 spiro atoms. The van der Waals surface area contributed by atoms with Gasteiger partial charge in [0.2, 0.25) is 0 Å². The third kappa shape index (κ3) is 3.70.